The van der Waals surface area contributed by atoms with Gasteiger partial charge in [0.15, 0.2) is 0 Å². The van der Waals surface area contributed by atoms with Gasteiger partial charge < -0.3 is 25.6 Å². The molecule has 3 N–H and O–H groups in total. The Morgan fingerprint density at radius 3 is 2.25 bits per heavy atom. The summed E-state index contributed by atoms with van der Waals surface area (Å²) in [7, 11) is 0. The molecule has 12 heteroatoms. The first kappa shape index (κ1) is 38.7. The van der Waals surface area contributed by atoms with E-state index in [1.165, 1.54) is 30.0 Å². The van der Waals surface area contributed by atoms with Crippen molar-refractivity contribution in [2.45, 2.75) is 43.9 Å². The van der Waals surface area contributed by atoms with E-state index in [1.807, 2.05) is 66.7 Å². The number of benzene rings is 4. The first-order chi connectivity index (χ1) is 26.6. The van der Waals surface area contributed by atoms with Gasteiger partial charge in [0.1, 0.15) is 10.7 Å². The fourth-order valence-corrected chi connectivity index (χ4v) is 8.19. The smallest absolute Gasteiger partial charge is 0.341 e. The summed E-state index contributed by atoms with van der Waals surface area (Å²) in [4.78, 5) is 68.8. The largest absolute Gasteiger partial charge is 0.462 e. The third kappa shape index (κ3) is 9.77. The standard InChI is InChI=1S/C43H40N4O6S2/c1-4-53-43(52)38-35-22-23-47(28(3)48)26-37(35)55-42(38)46-39(49)27(2)54-34-17-11-16-33(25-34)44-41(51)36(45-40(50)32-14-9-6-10-15-32)24-29-18-20-31(21-19-29)30-12-7-5-8-13-30/h5-21,24-25,27H,4,22-23,26H2,1-3H3,(H,44,51)(H,45,50)(H,46,49)/b36-24+. The van der Waals surface area contributed by atoms with Gasteiger partial charge in [-0.1, -0.05) is 78.9 Å². The summed E-state index contributed by atoms with van der Waals surface area (Å²) in [5, 5.41) is 8.43. The Labute approximate surface area is 328 Å². The summed E-state index contributed by atoms with van der Waals surface area (Å²) in [5.74, 6) is -1.84. The Bertz CT molecular complexity index is 2240. The maximum absolute atomic E-state index is 13.8. The molecule has 0 fully saturated rings. The van der Waals surface area contributed by atoms with Crippen LogP contribution in [0, 0.1) is 0 Å². The van der Waals surface area contributed by atoms with Gasteiger partial charge >= 0.3 is 5.97 Å². The van der Waals surface area contributed by atoms with Crippen molar-refractivity contribution in [3.05, 3.63) is 142 Å². The first-order valence-electron chi connectivity index (χ1n) is 17.8. The molecule has 0 saturated heterocycles. The lowest BCUT2D eigenvalue weighted by molar-refractivity contribution is -0.129. The summed E-state index contributed by atoms with van der Waals surface area (Å²) in [6, 6.07) is 33.4. The van der Waals surface area contributed by atoms with Crippen molar-refractivity contribution >= 4 is 69.5 Å². The molecule has 6 rings (SSSR count). The lowest BCUT2D eigenvalue weighted by Gasteiger charge is -2.25. The highest BCUT2D eigenvalue weighted by Crippen LogP contribution is 2.38. The van der Waals surface area contributed by atoms with E-state index in [9.17, 15) is 24.0 Å². The third-order valence-corrected chi connectivity index (χ3v) is 11.1. The summed E-state index contributed by atoms with van der Waals surface area (Å²) < 4.78 is 5.33. The van der Waals surface area contributed by atoms with Crippen LogP contribution in [0.1, 0.15) is 57.5 Å². The van der Waals surface area contributed by atoms with Gasteiger partial charge in [-0.05, 0) is 78.9 Å². The highest BCUT2D eigenvalue weighted by atomic mass is 32.2. The fourth-order valence-electron chi connectivity index (χ4n) is 6.01. The highest BCUT2D eigenvalue weighted by molar-refractivity contribution is 8.00. The van der Waals surface area contributed by atoms with Crippen LogP contribution >= 0.6 is 23.1 Å². The van der Waals surface area contributed by atoms with E-state index in [2.05, 4.69) is 16.0 Å². The molecule has 10 nitrogen and oxygen atoms in total. The SMILES string of the molecule is CCOC(=O)c1c(NC(=O)C(C)Sc2cccc(NC(=O)/C(=C\c3ccc(-c4ccccc4)cc3)NC(=O)c3ccccc3)c2)sc2c1CCN(C(C)=O)C2. The minimum absolute atomic E-state index is 0.0505. The van der Waals surface area contributed by atoms with Gasteiger partial charge in [-0.25, -0.2) is 4.79 Å². The van der Waals surface area contributed by atoms with Gasteiger partial charge in [0.2, 0.25) is 11.8 Å². The van der Waals surface area contributed by atoms with Crippen molar-refractivity contribution in [2.24, 2.45) is 0 Å². The third-order valence-electron chi connectivity index (χ3n) is 8.85. The molecule has 0 saturated carbocycles. The van der Waals surface area contributed by atoms with Gasteiger partial charge in [-0.2, -0.15) is 0 Å². The van der Waals surface area contributed by atoms with Gasteiger partial charge in [-0.15, -0.1) is 23.1 Å². The lowest BCUT2D eigenvalue weighted by Crippen LogP contribution is -2.34. The lowest BCUT2D eigenvalue weighted by atomic mass is 10.0. The zero-order chi connectivity index (χ0) is 38.9. The molecular formula is C43H40N4O6S2. The molecular weight excluding hydrogens is 733 g/mol. The zero-order valence-electron chi connectivity index (χ0n) is 30.6. The van der Waals surface area contributed by atoms with Crippen LogP contribution < -0.4 is 16.0 Å². The quantitative estimate of drug-likeness (QED) is 0.0665. The number of anilines is 2. The van der Waals surface area contributed by atoms with Crippen LogP contribution in [0.25, 0.3) is 17.2 Å². The summed E-state index contributed by atoms with van der Waals surface area (Å²) >= 11 is 2.57. The van der Waals surface area contributed by atoms with Crippen molar-refractivity contribution in [3.63, 3.8) is 0 Å². The molecule has 55 heavy (non-hydrogen) atoms. The van der Waals surface area contributed by atoms with E-state index in [0.717, 1.165) is 27.1 Å². The zero-order valence-corrected chi connectivity index (χ0v) is 32.2. The van der Waals surface area contributed by atoms with Crippen LogP contribution in [0.2, 0.25) is 0 Å². The number of ether oxygens (including phenoxy) is 1. The predicted octanol–water partition coefficient (Wildman–Crippen LogP) is 8.03. The van der Waals surface area contributed by atoms with Crippen molar-refractivity contribution in [2.75, 3.05) is 23.8 Å². The molecule has 1 aliphatic rings. The molecule has 1 atom stereocenters. The first-order valence-corrected chi connectivity index (χ1v) is 19.5. The van der Waals surface area contributed by atoms with Gasteiger partial charge in [0.25, 0.3) is 11.8 Å². The molecule has 1 unspecified atom stereocenters. The highest BCUT2D eigenvalue weighted by Gasteiger charge is 2.31. The van der Waals surface area contributed by atoms with E-state index in [0.29, 0.717) is 46.2 Å². The molecule has 0 radical (unpaired) electrons. The number of nitrogens with one attached hydrogen (secondary N) is 3. The molecule has 0 aliphatic carbocycles. The van der Waals surface area contributed by atoms with Crippen LogP contribution in [-0.2, 0) is 32.1 Å². The number of nitrogens with zero attached hydrogens (tertiary/aromatic N) is 1. The molecule has 1 aliphatic heterocycles. The number of thioether (sulfide) groups is 1. The van der Waals surface area contributed by atoms with E-state index in [1.54, 1.807) is 67.3 Å². The number of fused-ring (bicyclic) bond motifs is 1. The van der Waals surface area contributed by atoms with Crippen molar-refractivity contribution in [1.29, 1.82) is 0 Å². The predicted molar refractivity (Wildman–Crippen MR) is 218 cm³/mol. The van der Waals surface area contributed by atoms with E-state index >= 15 is 0 Å². The number of hydrogen-bond donors (Lipinski definition) is 3. The van der Waals surface area contributed by atoms with Crippen LogP contribution in [0.5, 0.6) is 0 Å². The Morgan fingerprint density at radius 2 is 1.56 bits per heavy atom. The van der Waals surface area contributed by atoms with E-state index in [4.69, 9.17) is 4.74 Å². The van der Waals surface area contributed by atoms with E-state index in [-0.39, 0.29) is 24.1 Å². The van der Waals surface area contributed by atoms with Crippen molar-refractivity contribution in [1.82, 2.24) is 10.2 Å². The summed E-state index contributed by atoms with van der Waals surface area (Å²) in [6.07, 6.45) is 2.12. The minimum atomic E-state index is -0.590. The number of carbonyl (C=O) groups is 5. The Balaban J connectivity index is 1.17. The number of carbonyl (C=O) groups excluding carboxylic acids is 5. The summed E-state index contributed by atoms with van der Waals surface area (Å²) in [5.41, 5.74) is 4.86. The fraction of sp³-hybridized carbons (Fsp3) is 0.186. The number of hydrogen-bond acceptors (Lipinski definition) is 8. The molecule has 4 amide bonds. The van der Waals surface area contributed by atoms with Crippen molar-refractivity contribution < 1.29 is 28.7 Å². The molecule has 2 heterocycles. The number of esters is 1. The molecule has 0 spiro atoms. The van der Waals surface area contributed by atoms with Crippen LogP contribution in [0.3, 0.4) is 0 Å². The molecule has 5 aromatic rings. The maximum Gasteiger partial charge on any atom is 0.341 e. The molecule has 0 bridgehead atoms. The maximum atomic E-state index is 13.8. The monoisotopic (exact) mass is 772 g/mol. The van der Waals surface area contributed by atoms with Gasteiger partial charge in [-0.3, -0.25) is 19.2 Å². The van der Waals surface area contributed by atoms with Crippen LogP contribution in [0.15, 0.2) is 120 Å². The molecule has 4 aromatic carbocycles. The second kappa shape index (κ2) is 17.9. The van der Waals surface area contributed by atoms with Crippen molar-refractivity contribution in [3.8, 4) is 11.1 Å². The average molecular weight is 773 g/mol. The second-order valence-electron chi connectivity index (χ2n) is 12.7. The number of thiophene rings is 1. The topological polar surface area (TPSA) is 134 Å². The Morgan fingerprint density at radius 1 is 0.873 bits per heavy atom. The summed E-state index contributed by atoms with van der Waals surface area (Å²) in [6.45, 7) is 6.03. The Kier molecular flexibility index (Phi) is 12.6. The van der Waals surface area contributed by atoms with Crippen LogP contribution in [-0.4, -0.2) is 52.9 Å². The van der Waals surface area contributed by atoms with E-state index < -0.39 is 23.0 Å². The number of amides is 4. The van der Waals surface area contributed by atoms with Crippen LogP contribution in [0.4, 0.5) is 10.7 Å². The van der Waals surface area contributed by atoms with Gasteiger partial charge in [0.05, 0.1) is 24.0 Å². The van der Waals surface area contributed by atoms with Gasteiger partial charge in [0, 0.05) is 34.5 Å². The molecule has 1 aromatic heterocycles. The minimum Gasteiger partial charge on any atom is -0.462 e. The Hall–Kier alpha value is -5.98. The second-order valence-corrected chi connectivity index (χ2v) is 15.2. The average Bonchev–Trinajstić information content (AvgIpc) is 3.55. The molecule has 280 valence electrons. The number of rotatable bonds is 12. The normalized spacial score (nSPS) is 12.9.